The average Bonchev–Trinajstić information content (AvgIpc) is 2.84. The number of hydrogen-bond acceptors (Lipinski definition) is 6. The molecule has 190 valence electrons. The van der Waals surface area contributed by atoms with Gasteiger partial charge in [-0.1, -0.05) is 30.3 Å². The van der Waals surface area contributed by atoms with E-state index >= 15 is 0 Å². The standard InChI is InChI=1S/C26H36N4O5/c1-29(2)17-6-10-24(31)28-30(18-16-21-8-4-3-5-9-21)25(32)20-27-22-12-14-23(15-13-22)35-19-7-11-26(33)34/h3-5,8-9,12-15,27H,6-7,10-11,16-20H2,1-2H3,(H,28,31)(H,33,34). The number of hydrogen-bond donors (Lipinski definition) is 3. The Balaban J connectivity index is 1.87. The fraction of sp³-hybridized carbons (Fsp3) is 0.423. The van der Waals surface area contributed by atoms with Crippen molar-refractivity contribution in [1.29, 1.82) is 0 Å². The van der Waals surface area contributed by atoms with E-state index in [1.54, 1.807) is 24.3 Å². The van der Waals surface area contributed by atoms with E-state index in [1.807, 2.05) is 49.3 Å². The van der Waals surface area contributed by atoms with Crippen LogP contribution in [0.4, 0.5) is 5.69 Å². The van der Waals surface area contributed by atoms with Crippen molar-refractivity contribution in [3.63, 3.8) is 0 Å². The molecule has 0 saturated heterocycles. The molecule has 0 unspecified atom stereocenters. The van der Waals surface area contributed by atoms with E-state index in [2.05, 4.69) is 10.7 Å². The van der Waals surface area contributed by atoms with Gasteiger partial charge < -0.3 is 20.1 Å². The summed E-state index contributed by atoms with van der Waals surface area (Å²) in [7, 11) is 3.91. The number of carboxylic acids is 1. The Hall–Kier alpha value is -3.59. The summed E-state index contributed by atoms with van der Waals surface area (Å²) in [5.74, 6) is -0.643. The number of nitrogens with zero attached hydrogens (tertiary/aromatic N) is 2. The molecule has 3 N–H and O–H groups in total. The van der Waals surface area contributed by atoms with E-state index in [0.29, 0.717) is 44.6 Å². The topological polar surface area (TPSA) is 111 Å². The Morgan fingerprint density at radius 2 is 1.63 bits per heavy atom. The molecule has 35 heavy (non-hydrogen) atoms. The molecule has 2 amide bonds. The first-order valence-corrected chi connectivity index (χ1v) is 11.8. The smallest absolute Gasteiger partial charge is 0.303 e. The number of aliphatic carboxylic acids is 1. The summed E-state index contributed by atoms with van der Waals surface area (Å²) >= 11 is 0. The van der Waals surface area contributed by atoms with E-state index < -0.39 is 5.97 Å². The van der Waals surface area contributed by atoms with Gasteiger partial charge in [-0.15, -0.1) is 0 Å². The molecular formula is C26H36N4O5. The van der Waals surface area contributed by atoms with Crippen molar-refractivity contribution in [2.24, 2.45) is 0 Å². The van der Waals surface area contributed by atoms with Crippen molar-refractivity contribution in [3.8, 4) is 5.75 Å². The number of nitrogens with one attached hydrogen (secondary N) is 2. The number of carboxylic acid groups (broad SMARTS) is 1. The number of carbonyl (C=O) groups excluding carboxylic acids is 2. The maximum atomic E-state index is 12.9. The third-order valence-electron chi connectivity index (χ3n) is 5.14. The molecule has 9 nitrogen and oxygen atoms in total. The normalized spacial score (nSPS) is 10.6. The molecule has 0 saturated carbocycles. The predicted octanol–water partition coefficient (Wildman–Crippen LogP) is 2.79. The first-order valence-electron chi connectivity index (χ1n) is 11.8. The Bertz CT molecular complexity index is 919. The minimum Gasteiger partial charge on any atom is -0.494 e. The lowest BCUT2D eigenvalue weighted by Crippen LogP contribution is -2.49. The maximum Gasteiger partial charge on any atom is 0.303 e. The second-order valence-corrected chi connectivity index (χ2v) is 8.45. The fourth-order valence-electron chi connectivity index (χ4n) is 3.25. The number of benzene rings is 2. The highest BCUT2D eigenvalue weighted by atomic mass is 16.5. The predicted molar refractivity (Wildman–Crippen MR) is 135 cm³/mol. The minimum atomic E-state index is -0.847. The monoisotopic (exact) mass is 484 g/mol. The molecular weight excluding hydrogens is 448 g/mol. The second-order valence-electron chi connectivity index (χ2n) is 8.45. The highest BCUT2D eigenvalue weighted by Gasteiger charge is 2.16. The van der Waals surface area contributed by atoms with Crippen LogP contribution in [-0.2, 0) is 20.8 Å². The lowest BCUT2D eigenvalue weighted by Gasteiger charge is -2.24. The number of anilines is 1. The van der Waals surface area contributed by atoms with Crippen LogP contribution >= 0.6 is 0 Å². The fourth-order valence-corrected chi connectivity index (χ4v) is 3.25. The first-order chi connectivity index (χ1) is 16.8. The van der Waals surface area contributed by atoms with Crippen LogP contribution in [0.15, 0.2) is 54.6 Å². The van der Waals surface area contributed by atoms with Crippen molar-refractivity contribution < 1.29 is 24.2 Å². The summed E-state index contributed by atoms with van der Waals surface area (Å²) < 4.78 is 5.52. The van der Waals surface area contributed by atoms with E-state index in [4.69, 9.17) is 9.84 Å². The number of ether oxygens (including phenoxy) is 1. The largest absolute Gasteiger partial charge is 0.494 e. The molecule has 0 fully saturated rings. The van der Waals surface area contributed by atoms with Crippen molar-refractivity contribution in [2.75, 3.05) is 45.7 Å². The first kappa shape index (κ1) is 27.7. The van der Waals surface area contributed by atoms with Gasteiger partial charge in [0, 0.05) is 25.1 Å². The van der Waals surface area contributed by atoms with Gasteiger partial charge >= 0.3 is 5.97 Å². The van der Waals surface area contributed by atoms with Crippen LogP contribution in [0.1, 0.15) is 31.2 Å². The number of hydrazine groups is 1. The highest BCUT2D eigenvalue weighted by Crippen LogP contribution is 2.16. The molecule has 0 aliphatic carbocycles. The van der Waals surface area contributed by atoms with E-state index in [0.717, 1.165) is 17.8 Å². The van der Waals surface area contributed by atoms with Gasteiger partial charge in [-0.05, 0) is 69.7 Å². The Morgan fingerprint density at radius 1 is 0.914 bits per heavy atom. The molecule has 0 bridgehead atoms. The van der Waals surface area contributed by atoms with Crippen LogP contribution in [0.25, 0.3) is 0 Å². The van der Waals surface area contributed by atoms with Crippen molar-refractivity contribution >= 4 is 23.5 Å². The molecule has 0 spiro atoms. The lowest BCUT2D eigenvalue weighted by atomic mass is 10.1. The second kappa shape index (κ2) is 15.3. The zero-order valence-electron chi connectivity index (χ0n) is 20.5. The molecule has 0 aliphatic heterocycles. The summed E-state index contributed by atoms with van der Waals surface area (Å²) in [5, 5.41) is 13.1. The SMILES string of the molecule is CN(C)CCCC(=O)NN(CCc1ccccc1)C(=O)CNc1ccc(OCCCC(=O)O)cc1. The maximum absolute atomic E-state index is 12.9. The molecule has 0 heterocycles. The molecule has 0 atom stereocenters. The third kappa shape index (κ3) is 11.9. The van der Waals surface area contributed by atoms with E-state index in [-0.39, 0.29) is 24.8 Å². The summed E-state index contributed by atoms with van der Waals surface area (Å²) in [6.07, 6.45) is 2.17. The molecule has 0 aliphatic rings. The summed E-state index contributed by atoms with van der Waals surface area (Å²) in [5.41, 5.74) is 4.58. The van der Waals surface area contributed by atoms with Gasteiger partial charge in [-0.2, -0.15) is 0 Å². The van der Waals surface area contributed by atoms with Gasteiger partial charge in [0.25, 0.3) is 5.91 Å². The third-order valence-corrected chi connectivity index (χ3v) is 5.14. The minimum absolute atomic E-state index is 0.0194. The molecule has 0 radical (unpaired) electrons. The Labute approximate surface area is 207 Å². The van der Waals surface area contributed by atoms with Gasteiger partial charge in [0.1, 0.15) is 5.75 Å². The van der Waals surface area contributed by atoms with Gasteiger partial charge in [-0.25, -0.2) is 0 Å². The van der Waals surface area contributed by atoms with Crippen molar-refractivity contribution in [1.82, 2.24) is 15.3 Å². The Kier molecular flexibility index (Phi) is 12.1. The van der Waals surface area contributed by atoms with Gasteiger partial charge in [0.05, 0.1) is 13.2 Å². The van der Waals surface area contributed by atoms with Crippen LogP contribution in [0.2, 0.25) is 0 Å². The number of rotatable bonds is 15. The van der Waals surface area contributed by atoms with Crippen LogP contribution in [0.5, 0.6) is 5.75 Å². The van der Waals surface area contributed by atoms with Crippen LogP contribution in [-0.4, -0.2) is 73.1 Å². The summed E-state index contributed by atoms with van der Waals surface area (Å²) in [4.78, 5) is 37.9. The van der Waals surface area contributed by atoms with E-state index in [1.165, 1.54) is 5.01 Å². The summed E-state index contributed by atoms with van der Waals surface area (Å²) in [6, 6.07) is 16.9. The number of carbonyl (C=O) groups is 3. The summed E-state index contributed by atoms with van der Waals surface area (Å²) in [6.45, 7) is 1.51. The van der Waals surface area contributed by atoms with Crippen LogP contribution in [0.3, 0.4) is 0 Å². The van der Waals surface area contributed by atoms with Gasteiger partial charge in [0.15, 0.2) is 0 Å². The highest BCUT2D eigenvalue weighted by molar-refractivity contribution is 5.84. The molecule has 9 heteroatoms. The van der Waals surface area contributed by atoms with E-state index in [9.17, 15) is 14.4 Å². The molecule has 0 aromatic heterocycles. The Morgan fingerprint density at radius 3 is 2.29 bits per heavy atom. The van der Waals surface area contributed by atoms with Gasteiger partial charge in [-0.3, -0.25) is 24.8 Å². The zero-order chi connectivity index (χ0) is 25.5. The van der Waals surface area contributed by atoms with Crippen LogP contribution < -0.4 is 15.5 Å². The number of amides is 2. The molecule has 2 aromatic carbocycles. The molecule has 2 rings (SSSR count). The van der Waals surface area contributed by atoms with Crippen molar-refractivity contribution in [3.05, 3.63) is 60.2 Å². The van der Waals surface area contributed by atoms with Gasteiger partial charge in [0.2, 0.25) is 5.91 Å². The molecule has 2 aromatic rings. The lowest BCUT2D eigenvalue weighted by molar-refractivity contribution is -0.140. The van der Waals surface area contributed by atoms with Crippen LogP contribution in [0, 0.1) is 0 Å². The average molecular weight is 485 g/mol. The quantitative estimate of drug-likeness (QED) is 0.263. The van der Waals surface area contributed by atoms with Crippen molar-refractivity contribution in [2.45, 2.75) is 32.1 Å². The zero-order valence-corrected chi connectivity index (χ0v) is 20.5.